The van der Waals surface area contributed by atoms with Crippen LogP contribution in [0.2, 0.25) is 0 Å². The van der Waals surface area contributed by atoms with E-state index in [1.807, 2.05) is 59.1 Å². The summed E-state index contributed by atoms with van der Waals surface area (Å²) in [5.74, 6) is 1.80. The van der Waals surface area contributed by atoms with Crippen LogP contribution >= 0.6 is 0 Å². The second-order valence-electron chi connectivity index (χ2n) is 20.9. The van der Waals surface area contributed by atoms with Crippen molar-refractivity contribution in [3.63, 3.8) is 0 Å². The normalized spacial score (nSPS) is 14.0. The van der Waals surface area contributed by atoms with Crippen molar-refractivity contribution in [3.05, 3.63) is 193 Å². The smallest absolute Gasteiger partial charge is 0.135 e. The second-order valence-corrected chi connectivity index (χ2v) is 20.9. The van der Waals surface area contributed by atoms with Gasteiger partial charge in [0.1, 0.15) is 5.82 Å². The molecule has 7 aromatic carbocycles. The molecule has 0 radical (unpaired) electrons. The van der Waals surface area contributed by atoms with Crippen molar-refractivity contribution < 1.29 is 29.9 Å². The van der Waals surface area contributed by atoms with Gasteiger partial charge in [-0.05, 0) is 111 Å². The standard InChI is InChI=1S/C61H56N5O.Pt/c1-39-17-15-24-55-58(39)64(45-32-41(60(5,6)7)31-42(33-45)61(8,9)10)38-63(55)43-18-16-19-46(35-43)67-47-26-27-50-51-36-44(65-52-22-13-11-20-48(52)49-21-12-14-23-53(49)65)25-28-54(51)66(56(50)37-47)57-34-40(29-30-62-57)59(2,3)4;/h11-34,36,38H,1-10H3;/q-3;/i1D3;. The van der Waals surface area contributed by atoms with Crippen molar-refractivity contribution >= 4 is 66.4 Å². The molecule has 0 bridgehead atoms. The van der Waals surface area contributed by atoms with Crippen molar-refractivity contribution in [3.8, 4) is 23.0 Å². The van der Waals surface area contributed by atoms with Crippen molar-refractivity contribution in [2.45, 2.75) is 85.4 Å². The predicted molar refractivity (Wildman–Crippen MR) is 279 cm³/mol. The maximum absolute atomic E-state index is 8.64. The molecule has 0 spiro atoms. The van der Waals surface area contributed by atoms with Crippen molar-refractivity contribution in [1.82, 2.24) is 14.1 Å². The topological polar surface area (TPSA) is 38.5 Å². The van der Waals surface area contributed by atoms with Gasteiger partial charge in [0.25, 0.3) is 0 Å². The number of pyridine rings is 1. The van der Waals surface area contributed by atoms with Crippen LogP contribution in [-0.4, -0.2) is 14.1 Å². The van der Waals surface area contributed by atoms with Gasteiger partial charge >= 0.3 is 0 Å². The first kappa shape index (κ1) is 41.6. The quantitative estimate of drug-likeness (QED) is 0.156. The summed E-state index contributed by atoms with van der Waals surface area (Å²) in [5.41, 5.74) is 11.6. The van der Waals surface area contributed by atoms with E-state index in [9.17, 15) is 0 Å². The molecular formula is C61H56N5OPt-3. The van der Waals surface area contributed by atoms with Gasteiger partial charge in [-0.15, -0.1) is 48.1 Å². The molecule has 0 atom stereocenters. The Morgan fingerprint density at radius 2 is 1.18 bits per heavy atom. The Kier molecular flexibility index (Phi) is 10.1. The Labute approximate surface area is 419 Å². The Balaban J connectivity index is 0.00000582. The predicted octanol–water partition coefficient (Wildman–Crippen LogP) is 16.3. The molecule has 0 aliphatic carbocycles. The van der Waals surface area contributed by atoms with Crippen LogP contribution in [0.1, 0.15) is 88.7 Å². The number of ether oxygens (including phenoxy) is 1. The van der Waals surface area contributed by atoms with E-state index in [1.165, 1.54) is 27.5 Å². The minimum absolute atomic E-state index is 0. The van der Waals surface area contributed by atoms with Crippen LogP contribution in [0.15, 0.2) is 152 Å². The number of rotatable bonds is 6. The third-order valence-electron chi connectivity index (χ3n) is 13.2. The molecule has 6 nitrogen and oxygen atoms in total. The zero-order chi connectivity index (χ0) is 49.1. The molecule has 0 saturated carbocycles. The summed E-state index contributed by atoms with van der Waals surface area (Å²) in [5, 5.41) is 4.51. The third-order valence-corrected chi connectivity index (χ3v) is 13.2. The summed E-state index contributed by atoms with van der Waals surface area (Å²) in [4.78, 5) is 8.99. The molecule has 1 aliphatic heterocycles. The van der Waals surface area contributed by atoms with Crippen molar-refractivity contribution in [2.75, 3.05) is 9.80 Å². The Bertz CT molecular complexity index is 3610. The van der Waals surface area contributed by atoms with Crippen LogP contribution in [0.3, 0.4) is 0 Å². The first-order valence-corrected chi connectivity index (χ1v) is 23.1. The van der Waals surface area contributed by atoms with E-state index in [0.717, 1.165) is 55.7 Å². The van der Waals surface area contributed by atoms with E-state index < -0.39 is 6.85 Å². The van der Waals surface area contributed by atoms with Crippen LogP contribution in [0, 0.1) is 25.7 Å². The molecule has 344 valence electrons. The number of hydrogen-bond acceptors (Lipinski definition) is 4. The number of aryl methyl sites for hydroxylation is 1. The van der Waals surface area contributed by atoms with Crippen LogP contribution in [-0.2, 0) is 37.3 Å². The molecule has 0 N–H and O–H groups in total. The summed E-state index contributed by atoms with van der Waals surface area (Å²) in [6, 6.07) is 57.3. The van der Waals surface area contributed by atoms with Gasteiger partial charge in [-0.25, -0.2) is 4.98 Å². The SMILES string of the molecule is [2H]C([2H])([2H])c1cccc2c1N(c1cc(C(C)(C)C)cc(C(C)(C)C)c1)[CH-]N2c1[c-]c(Oc2[c-]c3c(cc2)c2cc(-n4c5ccccc5c5ccccc54)ccc2n3-c2cc(C(C)(C)C)ccn2)ccc1.[Pt]. The molecule has 7 heteroatoms. The van der Waals surface area contributed by atoms with E-state index >= 15 is 0 Å². The average Bonchev–Trinajstić information content (AvgIpc) is 3.98. The van der Waals surface area contributed by atoms with Gasteiger partial charge in [-0.2, -0.15) is 12.1 Å². The third kappa shape index (κ3) is 7.77. The minimum Gasteiger partial charge on any atom is -0.509 e. The zero-order valence-electron chi connectivity index (χ0n) is 43.0. The van der Waals surface area contributed by atoms with Gasteiger partial charge in [-0.3, -0.25) is 0 Å². The molecule has 11 rings (SSSR count). The fraction of sp³-hybridized carbons (Fsp3) is 0.213. The van der Waals surface area contributed by atoms with E-state index in [1.54, 1.807) is 6.07 Å². The fourth-order valence-electron chi connectivity index (χ4n) is 9.53. The van der Waals surface area contributed by atoms with Gasteiger partial charge in [0, 0.05) is 81.9 Å². The summed E-state index contributed by atoms with van der Waals surface area (Å²) >= 11 is 0. The maximum Gasteiger partial charge on any atom is 0.135 e. The summed E-state index contributed by atoms with van der Waals surface area (Å²) in [7, 11) is 0. The van der Waals surface area contributed by atoms with Gasteiger partial charge in [0.15, 0.2) is 0 Å². The molecule has 0 unspecified atom stereocenters. The molecule has 68 heavy (non-hydrogen) atoms. The van der Waals surface area contributed by atoms with Crippen molar-refractivity contribution in [1.29, 1.82) is 0 Å². The molecule has 4 heterocycles. The second kappa shape index (κ2) is 16.6. The first-order chi connectivity index (χ1) is 33.2. The molecule has 3 aromatic heterocycles. The Hall–Kier alpha value is -6.62. The van der Waals surface area contributed by atoms with Gasteiger partial charge < -0.3 is 23.7 Å². The summed E-state index contributed by atoms with van der Waals surface area (Å²) < 4.78 is 37.2. The summed E-state index contributed by atoms with van der Waals surface area (Å²) in [6.07, 6.45) is 1.89. The number of benzene rings is 7. The average molecular weight is 1070 g/mol. The molecule has 0 saturated heterocycles. The Morgan fingerprint density at radius 3 is 1.85 bits per heavy atom. The van der Waals surface area contributed by atoms with Crippen LogP contribution < -0.4 is 14.5 Å². The van der Waals surface area contributed by atoms with Gasteiger partial charge in [0.2, 0.25) is 0 Å². The summed E-state index contributed by atoms with van der Waals surface area (Å²) in [6.45, 7) is 19.5. The van der Waals surface area contributed by atoms with E-state index in [0.29, 0.717) is 22.9 Å². The first-order valence-electron chi connectivity index (χ1n) is 24.6. The Morgan fingerprint density at radius 1 is 0.529 bits per heavy atom. The van der Waals surface area contributed by atoms with Gasteiger partial charge in [-0.1, -0.05) is 122 Å². The minimum atomic E-state index is -2.36. The number of hydrogen-bond donors (Lipinski definition) is 0. The van der Waals surface area contributed by atoms with Gasteiger partial charge in [0.05, 0.1) is 11.0 Å². The molecule has 1 aliphatic rings. The molecule has 0 amide bonds. The molecular weight excluding hydrogens is 1010 g/mol. The molecule has 0 fully saturated rings. The number of anilines is 4. The number of fused-ring (bicyclic) bond motifs is 7. The van der Waals surface area contributed by atoms with E-state index in [-0.39, 0.29) is 42.9 Å². The number of nitrogens with zero attached hydrogens (tertiary/aromatic N) is 5. The monoisotopic (exact) mass is 1070 g/mol. The molecule has 10 aromatic rings. The maximum atomic E-state index is 8.64. The van der Waals surface area contributed by atoms with Crippen LogP contribution in [0.4, 0.5) is 22.7 Å². The fourth-order valence-corrected chi connectivity index (χ4v) is 9.53. The van der Waals surface area contributed by atoms with Crippen LogP contribution in [0.25, 0.3) is 55.1 Å². The zero-order valence-corrected chi connectivity index (χ0v) is 42.2. The number of para-hydroxylation sites is 3. The van der Waals surface area contributed by atoms with Crippen molar-refractivity contribution in [2.24, 2.45) is 0 Å². The largest absolute Gasteiger partial charge is 0.509 e. The van der Waals surface area contributed by atoms with E-state index in [4.69, 9.17) is 13.8 Å². The van der Waals surface area contributed by atoms with E-state index in [2.05, 4.69) is 187 Å². The number of aromatic nitrogens is 3. The van der Waals surface area contributed by atoms with Crippen LogP contribution in [0.5, 0.6) is 11.5 Å².